The molecule has 0 radical (unpaired) electrons. The minimum atomic E-state index is -0.919. The quantitative estimate of drug-likeness (QED) is 0.757. The number of fused-ring (bicyclic) bond motifs is 1. The first-order valence-corrected chi connectivity index (χ1v) is 7.03. The summed E-state index contributed by atoms with van der Waals surface area (Å²) in [4.78, 5) is 36.3. The lowest BCUT2D eigenvalue weighted by atomic mass is 10.2. The van der Waals surface area contributed by atoms with E-state index in [0.717, 1.165) is 4.90 Å². The van der Waals surface area contributed by atoms with Crippen molar-refractivity contribution < 1.29 is 28.6 Å². The van der Waals surface area contributed by atoms with Gasteiger partial charge >= 0.3 is 5.97 Å². The number of carbonyl (C=O) groups excluding carboxylic acids is 3. The first-order chi connectivity index (χ1) is 10.6. The maximum Gasteiger partial charge on any atom is 0.351 e. The van der Waals surface area contributed by atoms with Crippen LogP contribution in [0.4, 0.5) is 0 Å². The molecule has 0 spiro atoms. The van der Waals surface area contributed by atoms with E-state index in [1.54, 1.807) is 24.3 Å². The number of hydrogen-bond acceptors (Lipinski definition) is 6. The van der Waals surface area contributed by atoms with Crippen LogP contribution < -0.4 is 9.47 Å². The van der Waals surface area contributed by atoms with Crippen molar-refractivity contribution in [3.8, 4) is 11.5 Å². The molecular formula is C15H15NO6. The van der Waals surface area contributed by atoms with Crippen molar-refractivity contribution in [1.82, 2.24) is 4.90 Å². The second-order valence-electron chi connectivity index (χ2n) is 5.01. The van der Waals surface area contributed by atoms with E-state index < -0.39 is 24.6 Å². The standard InChI is InChI=1S/C15H15NO6/c17-13-6-3-7-16(13)14(18)9-21-15(19)12-8-20-10-4-1-2-5-11(10)22-12/h1-2,4-5,12H,3,6-9H2/t12-/m1/s1. The van der Waals surface area contributed by atoms with Crippen molar-refractivity contribution in [2.75, 3.05) is 19.8 Å². The minimum absolute atomic E-state index is 0.0205. The summed E-state index contributed by atoms with van der Waals surface area (Å²) in [6.07, 6.45) is 0.0854. The number of esters is 1. The lowest BCUT2D eigenvalue weighted by molar-refractivity contribution is -0.161. The van der Waals surface area contributed by atoms with Crippen LogP contribution in [-0.4, -0.2) is 48.5 Å². The summed E-state index contributed by atoms with van der Waals surface area (Å²) in [6.45, 7) is -0.0651. The number of benzene rings is 1. The molecule has 7 heteroatoms. The normalized spacial score (nSPS) is 19.9. The van der Waals surface area contributed by atoms with Gasteiger partial charge in [0.15, 0.2) is 18.1 Å². The van der Waals surface area contributed by atoms with Crippen LogP contribution in [0.3, 0.4) is 0 Å². The molecule has 1 fully saturated rings. The summed E-state index contributed by atoms with van der Waals surface area (Å²) in [5.41, 5.74) is 0. The first kappa shape index (κ1) is 14.4. The van der Waals surface area contributed by atoms with Crippen LogP contribution in [0.15, 0.2) is 24.3 Å². The molecular weight excluding hydrogens is 290 g/mol. The van der Waals surface area contributed by atoms with Gasteiger partial charge in [0.25, 0.3) is 5.91 Å². The summed E-state index contributed by atoms with van der Waals surface area (Å²) >= 11 is 0. The highest BCUT2D eigenvalue weighted by Gasteiger charge is 2.31. The number of para-hydroxylation sites is 2. The van der Waals surface area contributed by atoms with Gasteiger partial charge in [0.05, 0.1) is 0 Å². The fraction of sp³-hybridized carbons (Fsp3) is 0.400. The molecule has 1 aromatic carbocycles. The number of imide groups is 1. The molecule has 1 saturated heterocycles. The van der Waals surface area contributed by atoms with Crippen molar-refractivity contribution >= 4 is 17.8 Å². The van der Waals surface area contributed by atoms with E-state index in [1.807, 2.05) is 0 Å². The number of likely N-dealkylation sites (tertiary alicyclic amines) is 1. The lowest BCUT2D eigenvalue weighted by Gasteiger charge is -2.25. The van der Waals surface area contributed by atoms with Gasteiger partial charge in [0, 0.05) is 13.0 Å². The molecule has 7 nitrogen and oxygen atoms in total. The van der Waals surface area contributed by atoms with E-state index in [0.29, 0.717) is 30.9 Å². The largest absolute Gasteiger partial charge is 0.485 e. The van der Waals surface area contributed by atoms with E-state index >= 15 is 0 Å². The second kappa shape index (κ2) is 6.05. The third-order valence-electron chi connectivity index (χ3n) is 3.48. The molecule has 2 amide bonds. The Morgan fingerprint density at radius 3 is 2.77 bits per heavy atom. The van der Waals surface area contributed by atoms with Gasteiger partial charge < -0.3 is 14.2 Å². The van der Waals surface area contributed by atoms with Crippen LogP contribution in [0.2, 0.25) is 0 Å². The highest BCUT2D eigenvalue weighted by Crippen LogP contribution is 2.31. The summed E-state index contributed by atoms with van der Waals surface area (Å²) in [5, 5.41) is 0. The van der Waals surface area contributed by atoms with Gasteiger partial charge in [0.2, 0.25) is 12.0 Å². The lowest BCUT2D eigenvalue weighted by Crippen LogP contribution is -2.41. The molecule has 1 atom stereocenters. The van der Waals surface area contributed by atoms with Crippen molar-refractivity contribution in [3.63, 3.8) is 0 Å². The zero-order valence-corrected chi connectivity index (χ0v) is 11.8. The van der Waals surface area contributed by atoms with Crippen molar-refractivity contribution in [1.29, 1.82) is 0 Å². The summed E-state index contributed by atoms with van der Waals surface area (Å²) in [7, 11) is 0. The van der Waals surface area contributed by atoms with Gasteiger partial charge in [-0.2, -0.15) is 0 Å². The number of rotatable bonds is 3. The summed E-state index contributed by atoms with van der Waals surface area (Å²) in [6, 6.07) is 6.98. The van der Waals surface area contributed by atoms with E-state index in [4.69, 9.17) is 14.2 Å². The highest BCUT2D eigenvalue weighted by molar-refractivity contribution is 5.97. The molecule has 0 unspecified atom stereocenters. The Kier molecular flexibility index (Phi) is 3.95. The SMILES string of the molecule is O=C(OCC(=O)N1CCCC1=O)[C@H]1COc2ccccc2O1. The van der Waals surface area contributed by atoms with Crippen LogP contribution >= 0.6 is 0 Å². The monoisotopic (exact) mass is 305 g/mol. The number of hydrogen-bond donors (Lipinski definition) is 0. The average Bonchev–Trinajstić information content (AvgIpc) is 2.98. The third kappa shape index (κ3) is 2.88. The van der Waals surface area contributed by atoms with Gasteiger partial charge in [-0.1, -0.05) is 12.1 Å². The highest BCUT2D eigenvalue weighted by atomic mass is 16.6. The number of nitrogens with zero attached hydrogens (tertiary/aromatic N) is 1. The van der Waals surface area contributed by atoms with Gasteiger partial charge in [-0.05, 0) is 18.6 Å². The molecule has 116 valence electrons. The Morgan fingerprint density at radius 2 is 2.05 bits per heavy atom. The summed E-state index contributed by atoms with van der Waals surface area (Å²) < 4.78 is 15.8. The zero-order chi connectivity index (χ0) is 15.5. The van der Waals surface area contributed by atoms with Crippen molar-refractivity contribution in [2.45, 2.75) is 18.9 Å². The van der Waals surface area contributed by atoms with E-state index in [9.17, 15) is 14.4 Å². The fourth-order valence-electron chi connectivity index (χ4n) is 2.35. The zero-order valence-electron chi connectivity index (χ0n) is 11.8. The molecule has 0 aromatic heterocycles. The molecule has 0 aliphatic carbocycles. The van der Waals surface area contributed by atoms with Crippen LogP contribution in [0.1, 0.15) is 12.8 Å². The topological polar surface area (TPSA) is 82.1 Å². The molecule has 0 saturated carbocycles. The van der Waals surface area contributed by atoms with Crippen LogP contribution in [0, 0.1) is 0 Å². The van der Waals surface area contributed by atoms with Gasteiger partial charge in [-0.15, -0.1) is 0 Å². The Labute approximate surface area is 126 Å². The predicted octanol–water partition coefficient (Wildman–Crippen LogP) is 0.519. The number of ether oxygens (including phenoxy) is 3. The minimum Gasteiger partial charge on any atom is -0.485 e. The smallest absolute Gasteiger partial charge is 0.351 e. The third-order valence-corrected chi connectivity index (χ3v) is 3.48. The maximum absolute atomic E-state index is 11.9. The molecule has 0 bridgehead atoms. The first-order valence-electron chi connectivity index (χ1n) is 7.03. The predicted molar refractivity (Wildman–Crippen MR) is 73.3 cm³/mol. The van der Waals surface area contributed by atoms with E-state index in [-0.39, 0.29) is 12.5 Å². The van der Waals surface area contributed by atoms with Gasteiger partial charge in [-0.25, -0.2) is 4.79 Å². The Hall–Kier alpha value is -2.57. The Morgan fingerprint density at radius 1 is 1.27 bits per heavy atom. The molecule has 0 N–H and O–H groups in total. The molecule has 22 heavy (non-hydrogen) atoms. The van der Waals surface area contributed by atoms with Gasteiger partial charge in [-0.3, -0.25) is 14.5 Å². The molecule has 3 rings (SSSR count). The fourth-order valence-corrected chi connectivity index (χ4v) is 2.35. The Bertz CT molecular complexity index is 614. The number of amides is 2. The van der Waals surface area contributed by atoms with Crippen LogP contribution in [0.25, 0.3) is 0 Å². The van der Waals surface area contributed by atoms with E-state index in [1.165, 1.54) is 0 Å². The molecule has 2 heterocycles. The maximum atomic E-state index is 11.9. The Balaban J connectivity index is 1.53. The van der Waals surface area contributed by atoms with Crippen LogP contribution in [0.5, 0.6) is 11.5 Å². The summed E-state index contributed by atoms with van der Waals surface area (Å²) in [5.74, 6) is -0.406. The van der Waals surface area contributed by atoms with Crippen molar-refractivity contribution in [3.05, 3.63) is 24.3 Å². The number of carbonyl (C=O) groups is 3. The molecule has 2 aliphatic heterocycles. The van der Waals surface area contributed by atoms with Gasteiger partial charge in [0.1, 0.15) is 6.61 Å². The van der Waals surface area contributed by atoms with Crippen LogP contribution in [-0.2, 0) is 19.1 Å². The average molecular weight is 305 g/mol. The van der Waals surface area contributed by atoms with Crippen molar-refractivity contribution in [2.24, 2.45) is 0 Å². The van der Waals surface area contributed by atoms with E-state index in [2.05, 4.69) is 0 Å². The second-order valence-corrected chi connectivity index (χ2v) is 5.01. The molecule has 1 aromatic rings. The molecule has 2 aliphatic rings.